The van der Waals surface area contributed by atoms with Crippen LogP contribution in [0.15, 0.2) is 42.5 Å². The van der Waals surface area contributed by atoms with Crippen molar-refractivity contribution >= 4 is 34.8 Å². The van der Waals surface area contributed by atoms with Gasteiger partial charge in [0.25, 0.3) is 5.91 Å². The van der Waals surface area contributed by atoms with Gasteiger partial charge < -0.3 is 5.32 Å². The van der Waals surface area contributed by atoms with Crippen molar-refractivity contribution in [1.29, 1.82) is 0 Å². The molecule has 0 aliphatic carbocycles. The molecule has 1 aliphatic heterocycles. The number of fused-ring (bicyclic) bond motifs is 1. The fraction of sp³-hybridized carbons (Fsp3) is 0.118. The van der Waals surface area contributed by atoms with Crippen LogP contribution in [-0.2, 0) is 11.2 Å². The maximum atomic E-state index is 13.3. The summed E-state index contributed by atoms with van der Waals surface area (Å²) in [6.07, 6.45) is 2.45. The minimum atomic E-state index is -0.320. The van der Waals surface area contributed by atoms with Gasteiger partial charge in [0.1, 0.15) is 5.82 Å². The van der Waals surface area contributed by atoms with Crippen LogP contribution < -0.4 is 5.32 Å². The number of aryl methyl sites for hydroxylation is 1. The number of carbonyl (C=O) groups excluding carboxylic acids is 1. The van der Waals surface area contributed by atoms with Gasteiger partial charge in [-0.3, -0.25) is 4.79 Å². The number of benzene rings is 2. The molecule has 2 aromatic rings. The van der Waals surface area contributed by atoms with E-state index < -0.39 is 0 Å². The molecule has 1 N–H and O–H groups in total. The van der Waals surface area contributed by atoms with Crippen molar-refractivity contribution in [3.05, 3.63) is 65.0 Å². The molecule has 2 aromatic carbocycles. The molecule has 0 fully saturated rings. The molecule has 3 rings (SSSR count). The maximum absolute atomic E-state index is 13.3. The van der Waals surface area contributed by atoms with Gasteiger partial charge in [-0.25, -0.2) is 4.39 Å². The summed E-state index contributed by atoms with van der Waals surface area (Å²) in [6, 6.07) is 12.0. The number of alkyl halides is 1. The van der Waals surface area contributed by atoms with Gasteiger partial charge in [0.15, 0.2) is 0 Å². The molecule has 0 bridgehead atoms. The SMILES string of the molecule is O=C1Nc2ccc(CCCl)cc2C1=Cc1cccc(F)c1. The second-order valence-electron chi connectivity index (χ2n) is 4.89. The van der Waals surface area contributed by atoms with E-state index in [-0.39, 0.29) is 11.7 Å². The van der Waals surface area contributed by atoms with Crippen LogP contribution in [-0.4, -0.2) is 11.8 Å². The highest BCUT2D eigenvalue weighted by atomic mass is 35.5. The Hall–Kier alpha value is -2.13. The van der Waals surface area contributed by atoms with E-state index in [0.717, 1.165) is 23.2 Å². The lowest BCUT2D eigenvalue weighted by atomic mass is 10.0. The zero-order chi connectivity index (χ0) is 14.8. The lowest BCUT2D eigenvalue weighted by molar-refractivity contribution is -0.110. The van der Waals surface area contributed by atoms with Crippen molar-refractivity contribution in [2.75, 3.05) is 11.2 Å². The minimum absolute atomic E-state index is 0.169. The van der Waals surface area contributed by atoms with Crippen LogP contribution in [0.4, 0.5) is 10.1 Å². The molecule has 1 amide bonds. The predicted molar refractivity (Wildman–Crippen MR) is 83.8 cm³/mol. The molecular formula is C17H13ClFNO. The Morgan fingerprint density at radius 2 is 2.05 bits per heavy atom. The number of nitrogens with one attached hydrogen (secondary N) is 1. The smallest absolute Gasteiger partial charge is 0.256 e. The van der Waals surface area contributed by atoms with Crippen LogP contribution in [0.2, 0.25) is 0 Å². The van der Waals surface area contributed by atoms with E-state index in [9.17, 15) is 9.18 Å². The largest absolute Gasteiger partial charge is 0.321 e. The first-order valence-corrected chi connectivity index (χ1v) is 7.19. The first-order chi connectivity index (χ1) is 10.2. The Morgan fingerprint density at radius 1 is 1.19 bits per heavy atom. The minimum Gasteiger partial charge on any atom is -0.321 e. The third kappa shape index (κ3) is 2.83. The Kier molecular flexibility index (Phi) is 3.76. The number of anilines is 1. The molecule has 0 spiro atoms. The number of hydrogen-bond donors (Lipinski definition) is 1. The van der Waals surface area contributed by atoms with Crippen molar-refractivity contribution in [3.8, 4) is 0 Å². The number of carbonyl (C=O) groups is 1. The molecule has 0 saturated heterocycles. The molecule has 0 saturated carbocycles. The highest BCUT2D eigenvalue weighted by molar-refractivity contribution is 6.34. The van der Waals surface area contributed by atoms with Gasteiger partial charge in [-0.2, -0.15) is 0 Å². The van der Waals surface area contributed by atoms with E-state index in [1.807, 2.05) is 18.2 Å². The fourth-order valence-corrected chi connectivity index (χ4v) is 2.62. The number of hydrogen-bond acceptors (Lipinski definition) is 1. The van der Waals surface area contributed by atoms with Gasteiger partial charge in [0, 0.05) is 22.7 Å². The standard InChI is InChI=1S/C17H13ClFNO/c18-7-6-11-4-5-16-14(9-11)15(17(21)20-16)10-12-2-1-3-13(19)8-12/h1-5,8-10H,6-7H2,(H,20,21). The summed E-state index contributed by atoms with van der Waals surface area (Å²) < 4.78 is 13.3. The number of rotatable bonds is 3. The predicted octanol–water partition coefficient (Wildman–Crippen LogP) is 4.10. The van der Waals surface area contributed by atoms with E-state index in [0.29, 0.717) is 17.0 Å². The van der Waals surface area contributed by atoms with Crippen molar-refractivity contribution < 1.29 is 9.18 Å². The zero-order valence-electron chi connectivity index (χ0n) is 11.2. The topological polar surface area (TPSA) is 29.1 Å². The molecule has 0 unspecified atom stereocenters. The van der Waals surface area contributed by atoms with Crippen molar-refractivity contribution in [2.45, 2.75) is 6.42 Å². The normalized spacial score (nSPS) is 15.1. The first kappa shape index (κ1) is 13.8. The van der Waals surface area contributed by atoms with Gasteiger partial charge in [-0.05, 0) is 47.9 Å². The van der Waals surface area contributed by atoms with Crippen LogP contribution in [0.25, 0.3) is 11.6 Å². The van der Waals surface area contributed by atoms with Crippen LogP contribution >= 0.6 is 11.6 Å². The molecule has 1 heterocycles. The van der Waals surface area contributed by atoms with Gasteiger partial charge in [0.2, 0.25) is 0 Å². The average Bonchev–Trinajstić information content (AvgIpc) is 2.76. The van der Waals surface area contributed by atoms with Gasteiger partial charge >= 0.3 is 0 Å². The molecule has 0 radical (unpaired) electrons. The van der Waals surface area contributed by atoms with Crippen molar-refractivity contribution in [3.63, 3.8) is 0 Å². The summed E-state index contributed by atoms with van der Waals surface area (Å²) in [5.41, 5.74) is 3.90. The number of amides is 1. The van der Waals surface area contributed by atoms with Crippen LogP contribution in [0.3, 0.4) is 0 Å². The Bertz CT molecular complexity index is 739. The quantitative estimate of drug-likeness (QED) is 0.671. The Balaban J connectivity index is 2.05. The lowest BCUT2D eigenvalue weighted by Gasteiger charge is -2.03. The second kappa shape index (κ2) is 5.70. The van der Waals surface area contributed by atoms with Crippen LogP contribution in [0.5, 0.6) is 0 Å². The summed E-state index contributed by atoms with van der Waals surface area (Å²) in [5.74, 6) is 0.0412. The van der Waals surface area contributed by atoms with E-state index in [1.165, 1.54) is 12.1 Å². The molecular weight excluding hydrogens is 289 g/mol. The summed E-state index contributed by atoms with van der Waals surface area (Å²) in [6.45, 7) is 0. The average molecular weight is 302 g/mol. The molecule has 21 heavy (non-hydrogen) atoms. The van der Waals surface area contributed by atoms with E-state index in [2.05, 4.69) is 5.32 Å². The summed E-state index contributed by atoms with van der Waals surface area (Å²) in [4.78, 5) is 12.1. The highest BCUT2D eigenvalue weighted by Crippen LogP contribution is 2.34. The second-order valence-corrected chi connectivity index (χ2v) is 5.26. The molecule has 0 aromatic heterocycles. The monoisotopic (exact) mass is 301 g/mol. The molecule has 2 nitrogen and oxygen atoms in total. The van der Waals surface area contributed by atoms with Crippen LogP contribution in [0, 0.1) is 5.82 Å². The van der Waals surface area contributed by atoms with E-state index in [1.54, 1.807) is 18.2 Å². The molecule has 1 aliphatic rings. The molecule has 106 valence electrons. The zero-order valence-corrected chi connectivity index (χ0v) is 12.0. The lowest BCUT2D eigenvalue weighted by Crippen LogP contribution is -2.03. The summed E-state index contributed by atoms with van der Waals surface area (Å²) in [7, 11) is 0. The van der Waals surface area contributed by atoms with Gasteiger partial charge in [-0.15, -0.1) is 11.6 Å². The van der Waals surface area contributed by atoms with Gasteiger partial charge in [0.05, 0.1) is 0 Å². The summed E-state index contributed by atoms with van der Waals surface area (Å²) >= 11 is 5.76. The van der Waals surface area contributed by atoms with Crippen LogP contribution in [0.1, 0.15) is 16.7 Å². The Morgan fingerprint density at radius 3 is 2.81 bits per heavy atom. The van der Waals surface area contributed by atoms with Crippen molar-refractivity contribution in [1.82, 2.24) is 0 Å². The summed E-state index contributed by atoms with van der Waals surface area (Å²) in [5, 5.41) is 2.82. The number of halogens is 2. The van der Waals surface area contributed by atoms with Crippen molar-refractivity contribution in [2.24, 2.45) is 0 Å². The highest BCUT2D eigenvalue weighted by Gasteiger charge is 2.24. The first-order valence-electron chi connectivity index (χ1n) is 6.65. The molecule has 4 heteroatoms. The fourth-order valence-electron chi connectivity index (χ4n) is 2.41. The van der Waals surface area contributed by atoms with E-state index in [4.69, 9.17) is 11.6 Å². The third-order valence-electron chi connectivity index (χ3n) is 3.41. The molecule has 0 atom stereocenters. The van der Waals surface area contributed by atoms with Gasteiger partial charge in [-0.1, -0.05) is 18.2 Å². The third-order valence-corrected chi connectivity index (χ3v) is 3.60. The Labute approximate surface area is 127 Å². The van der Waals surface area contributed by atoms with E-state index >= 15 is 0 Å². The maximum Gasteiger partial charge on any atom is 0.256 e.